The number of hydrogen-bond donors (Lipinski definition) is 1. The van der Waals surface area contributed by atoms with Crippen LogP contribution in [-0.4, -0.2) is 74.8 Å². The molecule has 1 aliphatic rings. The van der Waals surface area contributed by atoms with Crippen LogP contribution in [0, 0.1) is 0 Å². The van der Waals surface area contributed by atoms with Gasteiger partial charge in [-0.25, -0.2) is 14.8 Å². The Morgan fingerprint density at radius 2 is 1.62 bits per heavy atom. The van der Waals surface area contributed by atoms with Gasteiger partial charge in [0.2, 0.25) is 5.89 Å². The predicted octanol–water partition coefficient (Wildman–Crippen LogP) is 3.85. The van der Waals surface area contributed by atoms with E-state index in [1.54, 1.807) is 47.2 Å². The van der Waals surface area contributed by atoms with Gasteiger partial charge in [-0.15, -0.1) is 10.2 Å². The number of anilines is 1. The molecule has 4 aromatic rings. The minimum atomic E-state index is -0.347. The van der Waals surface area contributed by atoms with Gasteiger partial charge in [-0.2, -0.15) is 0 Å². The molecule has 2 aromatic heterocycles. The van der Waals surface area contributed by atoms with Gasteiger partial charge in [0.05, 0.1) is 18.5 Å². The van der Waals surface area contributed by atoms with Crippen LogP contribution in [0.3, 0.4) is 0 Å². The van der Waals surface area contributed by atoms with Gasteiger partial charge in [0.1, 0.15) is 0 Å². The molecular weight excluding hydrogens is 474 g/mol. The summed E-state index contributed by atoms with van der Waals surface area (Å²) in [5.41, 5.74) is 8.96. The summed E-state index contributed by atoms with van der Waals surface area (Å²) < 4.78 is 10.8. The van der Waals surface area contributed by atoms with Crippen LogP contribution >= 0.6 is 0 Å². The number of nitrogen functional groups attached to an aromatic ring is 1. The van der Waals surface area contributed by atoms with Crippen LogP contribution in [0.15, 0.2) is 65.2 Å². The Bertz CT molecular complexity index is 1410. The van der Waals surface area contributed by atoms with Crippen molar-refractivity contribution in [1.29, 1.82) is 0 Å². The third kappa shape index (κ3) is 5.10. The second-order valence-electron chi connectivity index (χ2n) is 8.32. The predicted molar refractivity (Wildman–Crippen MR) is 139 cm³/mol. The number of nitrogens with two attached hydrogens (primary N) is 1. The normalized spacial score (nSPS) is 13.4. The van der Waals surface area contributed by atoms with Gasteiger partial charge in [-0.05, 0) is 31.2 Å². The van der Waals surface area contributed by atoms with E-state index < -0.39 is 0 Å². The van der Waals surface area contributed by atoms with E-state index in [-0.39, 0.29) is 32.3 Å². The van der Waals surface area contributed by atoms with Gasteiger partial charge in [0.15, 0.2) is 11.5 Å². The summed E-state index contributed by atoms with van der Waals surface area (Å²) in [6.45, 7) is 3.86. The number of carbonyl (C=O) groups is 2. The number of ether oxygens (including phenoxy) is 1. The minimum absolute atomic E-state index is 0. The molecule has 2 N–H and O–H groups in total. The number of benzene rings is 2. The zero-order valence-electron chi connectivity index (χ0n) is 20.2. The van der Waals surface area contributed by atoms with E-state index in [2.05, 4.69) is 20.2 Å². The Hall–Kier alpha value is -4.80. The van der Waals surface area contributed by atoms with Crippen molar-refractivity contribution in [2.75, 3.05) is 38.5 Å². The highest BCUT2D eigenvalue weighted by molar-refractivity contribution is 5.94. The van der Waals surface area contributed by atoms with Gasteiger partial charge in [0.25, 0.3) is 11.8 Å². The number of rotatable bonds is 5. The molecule has 0 atom stereocenters. The molecule has 11 heteroatoms. The fourth-order valence-corrected chi connectivity index (χ4v) is 3.98. The molecule has 0 unspecified atom stereocenters. The van der Waals surface area contributed by atoms with Crippen molar-refractivity contribution in [1.82, 2.24) is 30.0 Å². The topological polar surface area (TPSA) is 141 Å². The molecule has 37 heavy (non-hydrogen) atoms. The molecule has 0 radical (unpaired) electrons. The summed E-state index contributed by atoms with van der Waals surface area (Å²) in [6, 6.07) is 16.5. The van der Waals surface area contributed by atoms with Gasteiger partial charge in [-0.3, -0.25) is 4.79 Å². The van der Waals surface area contributed by atoms with Gasteiger partial charge in [0, 0.05) is 45.7 Å². The number of aromatic nitrogens is 4. The summed E-state index contributed by atoms with van der Waals surface area (Å²) in [6.07, 6.45) is 1.21. The quantitative estimate of drug-likeness (QED) is 0.430. The minimum Gasteiger partial charge on any atom is -0.450 e. The first-order valence-corrected chi connectivity index (χ1v) is 11.9. The molecule has 0 aliphatic carbocycles. The van der Waals surface area contributed by atoms with Crippen molar-refractivity contribution in [3.63, 3.8) is 0 Å². The Balaban J connectivity index is 0.00000210. The smallest absolute Gasteiger partial charge is 0.409 e. The number of carbonyl (C=O) groups excluding carboxylic acids is 2. The van der Waals surface area contributed by atoms with Gasteiger partial charge in [-0.1, -0.05) is 30.3 Å². The maximum atomic E-state index is 13.0. The Morgan fingerprint density at radius 1 is 0.946 bits per heavy atom. The average molecular weight is 504 g/mol. The number of amides is 2. The highest BCUT2D eigenvalue weighted by Crippen LogP contribution is 2.28. The molecule has 1 fully saturated rings. The first kappa shape index (κ1) is 23.9. The fraction of sp³-hybridized carbons (Fsp3) is 0.231. The standard InChI is InChI=1S/C26H25N7O4.2H2/c1-2-36-26(35)33-14-12-32(13-15-33)25(34)19-10-8-17(9-11-19)20-16-28-22(27)21(29-20)24-31-30-23(37-24)18-6-4-3-5-7-18;;/h3-11,16H,2,12-15H2,1H3,(H2,27,28);2*1H. The lowest BCUT2D eigenvalue weighted by molar-refractivity contribution is 0.0570. The molecule has 0 spiro atoms. The monoisotopic (exact) mass is 503 g/mol. The van der Waals surface area contributed by atoms with Crippen LogP contribution in [0.4, 0.5) is 10.6 Å². The first-order chi connectivity index (χ1) is 18.0. The van der Waals surface area contributed by atoms with E-state index in [0.717, 1.165) is 11.1 Å². The van der Waals surface area contributed by atoms with E-state index in [1.165, 1.54) is 0 Å². The summed E-state index contributed by atoms with van der Waals surface area (Å²) in [7, 11) is 0. The molecule has 5 rings (SSSR count). The molecule has 2 aromatic carbocycles. The van der Waals surface area contributed by atoms with Crippen molar-refractivity contribution >= 4 is 17.8 Å². The van der Waals surface area contributed by atoms with Crippen molar-refractivity contribution in [3.05, 3.63) is 66.4 Å². The number of hydrogen-bond acceptors (Lipinski definition) is 9. The second kappa shape index (κ2) is 10.4. The second-order valence-corrected chi connectivity index (χ2v) is 8.32. The first-order valence-electron chi connectivity index (χ1n) is 11.9. The lowest BCUT2D eigenvalue weighted by Gasteiger charge is -2.34. The highest BCUT2D eigenvalue weighted by Gasteiger charge is 2.25. The lowest BCUT2D eigenvalue weighted by Crippen LogP contribution is -2.50. The maximum absolute atomic E-state index is 13.0. The third-order valence-electron chi connectivity index (χ3n) is 5.97. The van der Waals surface area contributed by atoms with E-state index in [1.807, 2.05) is 30.3 Å². The molecule has 192 valence electrons. The molecule has 2 amide bonds. The average Bonchev–Trinajstić information content (AvgIpc) is 3.44. The zero-order chi connectivity index (χ0) is 25.8. The van der Waals surface area contributed by atoms with Crippen LogP contribution in [0.1, 0.15) is 20.1 Å². The summed E-state index contributed by atoms with van der Waals surface area (Å²) >= 11 is 0. The van der Waals surface area contributed by atoms with E-state index >= 15 is 0 Å². The number of piperazine rings is 1. The summed E-state index contributed by atoms with van der Waals surface area (Å²) in [5, 5.41) is 8.19. The lowest BCUT2D eigenvalue weighted by atomic mass is 10.1. The Morgan fingerprint density at radius 3 is 2.32 bits per heavy atom. The fourth-order valence-electron chi connectivity index (χ4n) is 3.98. The molecule has 0 bridgehead atoms. The molecular formula is C26H29N7O4. The van der Waals surface area contributed by atoms with Crippen molar-refractivity contribution in [2.45, 2.75) is 6.92 Å². The Kier molecular flexibility index (Phi) is 6.75. The van der Waals surface area contributed by atoms with Crippen LogP contribution < -0.4 is 5.73 Å². The van der Waals surface area contributed by atoms with Crippen molar-refractivity contribution < 1.29 is 21.6 Å². The van der Waals surface area contributed by atoms with Crippen LogP contribution in [0.25, 0.3) is 34.3 Å². The molecule has 1 saturated heterocycles. The van der Waals surface area contributed by atoms with E-state index in [0.29, 0.717) is 49.9 Å². The van der Waals surface area contributed by atoms with Crippen LogP contribution in [0.5, 0.6) is 0 Å². The van der Waals surface area contributed by atoms with Gasteiger partial charge < -0.3 is 24.7 Å². The van der Waals surface area contributed by atoms with Crippen molar-refractivity contribution in [2.24, 2.45) is 0 Å². The highest BCUT2D eigenvalue weighted by atomic mass is 16.6. The SMILES string of the molecule is CCOC(=O)N1CCN(C(=O)c2ccc(-c3cnc(N)c(-c4nnc(-c5ccccc5)o4)n3)cc2)CC1.[HH].[HH]. The van der Waals surface area contributed by atoms with E-state index in [9.17, 15) is 9.59 Å². The summed E-state index contributed by atoms with van der Waals surface area (Å²) in [4.78, 5) is 37.0. The molecule has 1 aliphatic heterocycles. The van der Waals surface area contributed by atoms with E-state index in [4.69, 9.17) is 14.9 Å². The van der Waals surface area contributed by atoms with Crippen LogP contribution in [0.2, 0.25) is 0 Å². The molecule has 11 nitrogen and oxygen atoms in total. The van der Waals surface area contributed by atoms with Crippen LogP contribution in [-0.2, 0) is 4.74 Å². The zero-order valence-corrected chi connectivity index (χ0v) is 20.2. The van der Waals surface area contributed by atoms with Gasteiger partial charge >= 0.3 is 6.09 Å². The summed E-state index contributed by atoms with van der Waals surface area (Å²) in [5.74, 6) is 0.590. The molecule has 0 saturated carbocycles. The Labute approximate surface area is 215 Å². The molecule has 3 heterocycles. The largest absolute Gasteiger partial charge is 0.450 e. The maximum Gasteiger partial charge on any atom is 0.409 e. The number of nitrogens with zero attached hydrogens (tertiary/aromatic N) is 6. The third-order valence-corrected chi connectivity index (χ3v) is 5.97. The van der Waals surface area contributed by atoms with Crippen molar-refractivity contribution in [3.8, 4) is 34.3 Å².